The number of piperidine rings is 1. The molecule has 1 aromatic rings. The summed E-state index contributed by atoms with van der Waals surface area (Å²) in [5.41, 5.74) is 1.20. The van der Waals surface area contributed by atoms with Crippen molar-refractivity contribution in [3.63, 3.8) is 0 Å². The Kier molecular flexibility index (Phi) is 3.04. The second-order valence-corrected chi connectivity index (χ2v) is 4.17. The van der Waals surface area contributed by atoms with Gasteiger partial charge in [0.25, 0.3) is 0 Å². The molecular formula is C11H18N4. The first-order chi connectivity index (χ1) is 7.25. The van der Waals surface area contributed by atoms with E-state index < -0.39 is 0 Å². The van der Waals surface area contributed by atoms with Crippen LogP contribution >= 0.6 is 0 Å². The summed E-state index contributed by atoms with van der Waals surface area (Å²) in [6, 6.07) is 0. The van der Waals surface area contributed by atoms with E-state index in [4.69, 9.17) is 5.41 Å². The molecule has 1 N–H and O–H groups in total. The van der Waals surface area contributed by atoms with Crippen molar-refractivity contribution in [3.05, 3.63) is 18.0 Å². The predicted octanol–water partition coefficient (Wildman–Crippen LogP) is 1.65. The molecule has 15 heavy (non-hydrogen) atoms. The molecule has 1 aliphatic rings. The van der Waals surface area contributed by atoms with Crippen molar-refractivity contribution in [2.75, 3.05) is 13.1 Å². The highest BCUT2D eigenvalue weighted by atomic mass is 15.3. The van der Waals surface area contributed by atoms with E-state index in [0.29, 0.717) is 0 Å². The molecule has 0 saturated carbocycles. The summed E-state index contributed by atoms with van der Waals surface area (Å²) < 4.78 is 1.96. The zero-order valence-electron chi connectivity index (χ0n) is 9.24. The molecule has 0 bridgehead atoms. The van der Waals surface area contributed by atoms with E-state index in [1.807, 2.05) is 24.0 Å². The Hall–Kier alpha value is -1.32. The van der Waals surface area contributed by atoms with Crippen LogP contribution in [-0.2, 0) is 6.54 Å². The van der Waals surface area contributed by atoms with Crippen molar-refractivity contribution >= 4 is 5.84 Å². The van der Waals surface area contributed by atoms with Crippen molar-refractivity contribution in [2.24, 2.45) is 0 Å². The smallest absolute Gasteiger partial charge is 0.0958 e. The van der Waals surface area contributed by atoms with Crippen LogP contribution in [0.5, 0.6) is 0 Å². The molecule has 1 fully saturated rings. The molecule has 4 nitrogen and oxygen atoms in total. The lowest BCUT2D eigenvalue weighted by Gasteiger charge is -2.29. The molecule has 1 aliphatic heterocycles. The highest BCUT2D eigenvalue weighted by Crippen LogP contribution is 2.10. The van der Waals surface area contributed by atoms with Gasteiger partial charge in [-0.15, -0.1) is 0 Å². The highest BCUT2D eigenvalue weighted by molar-refractivity contribution is 5.79. The Morgan fingerprint density at radius 1 is 1.40 bits per heavy atom. The Balaban J connectivity index is 1.84. The van der Waals surface area contributed by atoms with Gasteiger partial charge in [0.15, 0.2) is 0 Å². The molecule has 4 heteroatoms. The third-order valence-corrected chi connectivity index (χ3v) is 2.83. The Morgan fingerprint density at radius 2 is 2.27 bits per heavy atom. The van der Waals surface area contributed by atoms with Crippen molar-refractivity contribution in [1.29, 1.82) is 5.41 Å². The standard InChI is InChI=1S/C11H18N4/c1-10-8-13-15(9-10)7-6-14-5-3-2-4-11(14)12/h8-9,12H,2-7H2,1H3. The summed E-state index contributed by atoms with van der Waals surface area (Å²) in [7, 11) is 0. The fourth-order valence-corrected chi connectivity index (χ4v) is 1.95. The lowest BCUT2D eigenvalue weighted by molar-refractivity contribution is 0.344. The number of aromatic nitrogens is 2. The lowest BCUT2D eigenvalue weighted by Crippen LogP contribution is -2.37. The molecular weight excluding hydrogens is 188 g/mol. The molecule has 0 radical (unpaired) electrons. The SMILES string of the molecule is Cc1cnn(CCN2CCCCC2=N)c1. The van der Waals surface area contributed by atoms with Gasteiger partial charge in [-0.3, -0.25) is 10.1 Å². The van der Waals surface area contributed by atoms with Gasteiger partial charge >= 0.3 is 0 Å². The number of likely N-dealkylation sites (tertiary alicyclic amines) is 1. The zero-order chi connectivity index (χ0) is 10.7. The Bertz CT molecular complexity index is 342. The van der Waals surface area contributed by atoms with E-state index in [2.05, 4.69) is 10.00 Å². The number of nitrogens with zero attached hydrogens (tertiary/aromatic N) is 3. The van der Waals surface area contributed by atoms with Crippen LogP contribution in [-0.4, -0.2) is 33.6 Å². The summed E-state index contributed by atoms with van der Waals surface area (Å²) in [6.07, 6.45) is 7.27. The Labute approximate surface area is 90.4 Å². The van der Waals surface area contributed by atoms with E-state index >= 15 is 0 Å². The van der Waals surface area contributed by atoms with Crippen LogP contribution < -0.4 is 0 Å². The van der Waals surface area contributed by atoms with Gasteiger partial charge in [0.2, 0.25) is 0 Å². The molecule has 82 valence electrons. The summed E-state index contributed by atoms with van der Waals surface area (Å²) in [5.74, 6) is 0.796. The number of rotatable bonds is 3. The third-order valence-electron chi connectivity index (χ3n) is 2.83. The minimum atomic E-state index is 0.796. The average molecular weight is 206 g/mol. The third kappa shape index (κ3) is 2.58. The van der Waals surface area contributed by atoms with Crippen molar-refractivity contribution in [3.8, 4) is 0 Å². The first kappa shape index (κ1) is 10.2. The Morgan fingerprint density at radius 3 is 2.93 bits per heavy atom. The molecule has 1 saturated heterocycles. The van der Waals surface area contributed by atoms with Crippen LogP contribution in [0.1, 0.15) is 24.8 Å². The van der Waals surface area contributed by atoms with Crippen LogP contribution in [0.15, 0.2) is 12.4 Å². The first-order valence-corrected chi connectivity index (χ1v) is 5.57. The van der Waals surface area contributed by atoms with Gasteiger partial charge in [0.1, 0.15) is 0 Å². The van der Waals surface area contributed by atoms with Crippen LogP contribution in [0, 0.1) is 12.3 Å². The summed E-state index contributed by atoms with van der Waals surface area (Å²) >= 11 is 0. The number of hydrogen-bond acceptors (Lipinski definition) is 2. The summed E-state index contributed by atoms with van der Waals surface area (Å²) in [4.78, 5) is 2.17. The molecule has 2 heterocycles. The predicted molar refractivity (Wildman–Crippen MR) is 60.1 cm³/mol. The molecule has 0 spiro atoms. The van der Waals surface area contributed by atoms with Gasteiger partial charge in [-0.05, 0) is 25.3 Å². The molecule has 0 unspecified atom stereocenters. The van der Waals surface area contributed by atoms with Gasteiger partial charge in [0.05, 0.1) is 18.6 Å². The van der Waals surface area contributed by atoms with Gasteiger partial charge in [-0.25, -0.2) is 0 Å². The van der Waals surface area contributed by atoms with Gasteiger partial charge in [0, 0.05) is 25.7 Å². The number of amidine groups is 1. The monoisotopic (exact) mass is 206 g/mol. The van der Waals surface area contributed by atoms with Crippen molar-refractivity contribution in [2.45, 2.75) is 32.7 Å². The molecule has 0 aliphatic carbocycles. The minimum Gasteiger partial charge on any atom is -0.359 e. The maximum atomic E-state index is 7.81. The van der Waals surface area contributed by atoms with E-state index in [1.54, 1.807) is 0 Å². The molecule has 0 atom stereocenters. The summed E-state index contributed by atoms with van der Waals surface area (Å²) in [5, 5.41) is 12.1. The normalized spacial score (nSPS) is 17.1. The second kappa shape index (κ2) is 4.47. The maximum absolute atomic E-state index is 7.81. The molecule has 0 aromatic carbocycles. The van der Waals surface area contributed by atoms with Crippen LogP contribution in [0.3, 0.4) is 0 Å². The summed E-state index contributed by atoms with van der Waals surface area (Å²) in [6.45, 7) is 4.89. The first-order valence-electron chi connectivity index (χ1n) is 5.57. The molecule has 0 amide bonds. The van der Waals surface area contributed by atoms with E-state index in [0.717, 1.165) is 31.9 Å². The highest BCUT2D eigenvalue weighted by Gasteiger charge is 2.14. The molecule has 1 aromatic heterocycles. The number of hydrogen-bond donors (Lipinski definition) is 1. The van der Waals surface area contributed by atoms with Gasteiger partial charge < -0.3 is 4.90 Å². The number of nitrogens with one attached hydrogen (secondary N) is 1. The van der Waals surface area contributed by atoms with E-state index in [1.165, 1.54) is 18.4 Å². The van der Waals surface area contributed by atoms with E-state index in [-0.39, 0.29) is 0 Å². The fourth-order valence-electron chi connectivity index (χ4n) is 1.95. The largest absolute Gasteiger partial charge is 0.359 e. The fraction of sp³-hybridized carbons (Fsp3) is 0.636. The quantitative estimate of drug-likeness (QED) is 0.817. The lowest BCUT2D eigenvalue weighted by atomic mass is 10.1. The topological polar surface area (TPSA) is 44.9 Å². The minimum absolute atomic E-state index is 0.796. The van der Waals surface area contributed by atoms with Crippen molar-refractivity contribution < 1.29 is 0 Å². The zero-order valence-corrected chi connectivity index (χ0v) is 9.24. The van der Waals surface area contributed by atoms with Gasteiger partial charge in [-0.1, -0.05) is 0 Å². The second-order valence-electron chi connectivity index (χ2n) is 4.17. The van der Waals surface area contributed by atoms with Crippen LogP contribution in [0.2, 0.25) is 0 Å². The molecule has 2 rings (SSSR count). The van der Waals surface area contributed by atoms with Gasteiger partial charge in [-0.2, -0.15) is 5.10 Å². The van der Waals surface area contributed by atoms with E-state index in [9.17, 15) is 0 Å². The average Bonchev–Trinajstić information content (AvgIpc) is 2.63. The maximum Gasteiger partial charge on any atom is 0.0958 e. The number of aryl methyl sites for hydroxylation is 1. The van der Waals surface area contributed by atoms with Crippen molar-refractivity contribution in [1.82, 2.24) is 14.7 Å². The van der Waals surface area contributed by atoms with Crippen LogP contribution in [0.25, 0.3) is 0 Å². The van der Waals surface area contributed by atoms with Crippen LogP contribution in [0.4, 0.5) is 0 Å².